The minimum absolute atomic E-state index is 0.00513. The predicted molar refractivity (Wildman–Crippen MR) is 136 cm³/mol. The number of Topliss-reactive ketones (excluding diaryl/α,β-unsaturated/α-hetero) is 1. The number of rotatable bonds is 9. The van der Waals surface area contributed by atoms with E-state index < -0.39 is 48.4 Å². The van der Waals surface area contributed by atoms with Gasteiger partial charge in [0.2, 0.25) is 0 Å². The summed E-state index contributed by atoms with van der Waals surface area (Å²) in [6.45, 7) is -1.46. The van der Waals surface area contributed by atoms with Gasteiger partial charge in [-0.3, -0.25) is 24.0 Å². The van der Waals surface area contributed by atoms with Crippen molar-refractivity contribution >= 4 is 40.9 Å². The summed E-state index contributed by atoms with van der Waals surface area (Å²) in [6.07, 6.45) is 5.53. The van der Waals surface area contributed by atoms with Crippen LogP contribution in [0.1, 0.15) is 63.7 Å². The molecule has 1 amide bonds. The summed E-state index contributed by atoms with van der Waals surface area (Å²) in [5.41, 5.74) is 0.200. The Balaban J connectivity index is 1.66. The van der Waals surface area contributed by atoms with Crippen LogP contribution >= 0.6 is 23.2 Å². The maximum Gasteiger partial charge on any atom is 0.306 e. The molecule has 3 aromatic rings. The van der Waals surface area contributed by atoms with Gasteiger partial charge in [0.1, 0.15) is 11.6 Å². The second-order valence-corrected chi connectivity index (χ2v) is 10.1. The normalized spacial score (nSPS) is 17.2. The molecule has 0 spiro atoms. The van der Waals surface area contributed by atoms with Gasteiger partial charge < -0.3 is 15.1 Å². The Morgan fingerprint density at radius 2 is 1.62 bits per heavy atom. The molecule has 2 heterocycles. The maximum absolute atomic E-state index is 13.9. The third-order valence-corrected chi connectivity index (χ3v) is 7.29. The van der Waals surface area contributed by atoms with Gasteiger partial charge in [-0.05, 0) is 43.4 Å². The predicted octanol–water partition coefficient (Wildman–Crippen LogP) is 4.70. The number of aliphatic hydroxyl groups is 1. The van der Waals surface area contributed by atoms with Gasteiger partial charge in [0.05, 0.1) is 58.2 Å². The SMILES string of the molecule is O=C(CN(Cc1cc(F)cc(F)c1)C(=O)c1cnn(C2CCC(C(=O)O)CC2)c1CO)c1c(Cl)cncc1Cl. The van der Waals surface area contributed by atoms with Crippen LogP contribution in [0.2, 0.25) is 10.0 Å². The molecule has 1 fully saturated rings. The Kier molecular flexibility index (Phi) is 8.94. The van der Waals surface area contributed by atoms with Crippen molar-refractivity contribution in [3.63, 3.8) is 0 Å². The van der Waals surface area contributed by atoms with Gasteiger partial charge in [-0.2, -0.15) is 5.10 Å². The van der Waals surface area contributed by atoms with Crippen molar-refractivity contribution in [2.24, 2.45) is 5.92 Å². The summed E-state index contributed by atoms with van der Waals surface area (Å²) in [5, 5.41) is 23.7. The molecule has 13 heteroatoms. The number of ketones is 1. The van der Waals surface area contributed by atoms with Crippen LogP contribution in [-0.2, 0) is 17.9 Å². The first-order valence-electron chi connectivity index (χ1n) is 12.1. The Morgan fingerprint density at radius 3 is 2.18 bits per heavy atom. The highest BCUT2D eigenvalue weighted by Crippen LogP contribution is 2.34. The molecule has 39 heavy (non-hydrogen) atoms. The fourth-order valence-electron chi connectivity index (χ4n) is 4.83. The molecule has 0 aliphatic heterocycles. The van der Waals surface area contributed by atoms with Gasteiger partial charge in [0.25, 0.3) is 5.91 Å². The second kappa shape index (κ2) is 12.2. The van der Waals surface area contributed by atoms with Crippen LogP contribution in [0.25, 0.3) is 0 Å². The third kappa shape index (κ3) is 6.43. The number of pyridine rings is 1. The van der Waals surface area contributed by atoms with Crippen LogP contribution in [0.15, 0.2) is 36.8 Å². The van der Waals surface area contributed by atoms with Crippen LogP contribution in [-0.4, -0.2) is 54.1 Å². The standard InChI is InChI=1S/C26H24Cl2F2N4O5/c27-20-9-31-10-21(28)24(20)23(36)12-33(11-14-5-16(29)7-17(30)6-14)25(37)19-8-32-34(22(19)13-35)18-3-1-15(2-4-18)26(38)39/h5-10,15,18,35H,1-4,11-13H2,(H,38,39). The Bertz CT molecular complexity index is 1370. The fraction of sp³-hybridized carbons (Fsp3) is 0.346. The number of aliphatic hydroxyl groups excluding tert-OH is 1. The van der Waals surface area contributed by atoms with E-state index >= 15 is 0 Å². The topological polar surface area (TPSA) is 126 Å². The van der Waals surface area contributed by atoms with Gasteiger partial charge in [-0.15, -0.1) is 0 Å². The quantitative estimate of drug-likeness (QED) is 0.351. The number of amides is 1. The summed E-state index contributed by atoms with van der Waals surface area (Å²) < 4.78 is 29.3. The number of nitrogens with zero attached hydrogens (tertiary/aromatic N) is 4. The molecule has 0 unspecified atom stereocenters. The Hall–Kier alpha value is -3.41. The van der Waals surface area contributed by atoms with Crippen LogP contribution < -0.4 is 0 Å². The summed E-state index contributed by atoms with van der Waals surface area (Å²) in [4.78, 5) is 43.1. The summed E-state index contributed by atoms with van der Waals surface area (Å²) in [5.74, 6) is -4.40. The average molecular weight is 581 g/mol. The summed E-state index contributed by atoms with van der Waals surface area (Å²) in [7, 11) is 0. The van der Waals surface area contributed by atoms with Crippen molar-refractivity contribution in [3.8, 4) is 0 Å². The molecular weight excluding hydrogens is 557 g/mol. The molecule has 1 aliphatic carbocycles. The largest absolute Gasteiger partial charge is 0.481 e. The zero-order chi connectivity index (χ0) is 28.3. The molecule has 0 bridgehead atoms. The lowest BCUT2D eigenvalue weighted by Gasteiger charge is -2.28. The molecule has 1 aliphatic rings. The molecule has 0 atom stereocenters. The summed E-state index contributed by atoms with van der Waals surface area (Å²) >= 11 is 12.2. The number of aromatic nitrogens is 3. The maximum atomic E-state index is 13.9. The van der Waals surface area contributed by atoms with Crippen molar-refractivity contribution in [2.45, 2.75) is 44.9 Å². The van der Waals surface area contributed by atoms with Crippen molar-refractivity contribution in [2.75, 3.05) is 6.54 Å². The fourth-order valence-corrected chi connectivity index (χ4v) is 5.40. The van der Waals surface area contributed by atoms with Gasteiger partial charge in [-0.1, -0.05) is 23.2 Å². The van der Waals surface area contributed by atoms with Crippen molar-refractivity contribution in [1.82, 2.24) is 19.7 Å². The molecule has 0 radical (unpaired) electrons. The lowest BCUT2D eigenvalue weighted by Crippen LogP contribution is -2.36. The van der Waals surface area contributed by atoms with Crippen molar-refractivity contribution in [1.29, 1.82) is 0 Å². The van der Waals surface area contributed by atoms with E-state index in [1.165, 1.54) is 23.3 Å². The van der Waals surface area contributed by atoms with E-state index in [0.717, 1.165) is 17.0 Å². The highest BCUT2D eigenvalue weighted by Gasteiger charge is 2.31. The van der Waals surface area contributed by atoms with E-state index in [0.29, 0.717) is 31.7 Å². The van der Waals surface area contributed by atoms with Gasteiger partial charge in [0.15, 0.2) is 5.78 Å². The first kappa shape index (κ1) is 28.6. The van der Waals surface area contributed by atoms with E-state index in [2.05, 4.69) is 10.1 Å². The number of hydrogen-bond acceptors (Lipinski definition) is 6. The number of carbonyl (C=O) groups excluding carboxylic acids is 2. The average Bonchev–Trinajstić information content (AvgIpc) is 3.31. The highest BCUT2D eigenvalue weighted by molar-refractivity contribution is 6.39. The van der Waals surface area contributed by atoms with E-state index in [4.69, 9.17) is 23.2 Å². The molecule has 1 saturated carbocycles. The van der Waals surface area contributed by atoms with Crippen molar-refractivity contribution < 1.29 is 33.4 Å². The molecular formula is C26H24Cl2F2N4O5. The highest BCUT2D eigenvalue weighted by atomic mass is 35.5. The Morgan fingerprint density at radius 1 is 1.00 bits per heavy atom. The number of aliphatic carboxylic acids is 1. The lowest BCUT2D eigenvalue weighted by molar-refractivity contribution is -0.143. The number of carbonyl (C=O) groups is 3. The zero-order valence-electron chi connectivity index (χ0n) is 20.5. The number of carboxylic acid groups (broad SMARTS) is 1. The Labute approximate surface area is 232 Å². The first-order valence-corrected chi connectivity index (χ1v) is 12.8. The molecule has 0 saturated heterocycles. The van der Waals surface area contributed by atoms with Gasteiger partial charge in [0, 0.05) is 25.0 Å². The van der Waals surface area contributed by atoms with Crippen LogP contribution in [0, 0.1) is 17.6 Å². The molecule has 1 aromatic carbocycles. The number of halogens is 4. The third-order valence-electron chi connectivity index (χ3n) is 6.72. The molecule has 2 aromatic heterocycles. The molecule has 9 nitrogen and oxygen atoms in total. The second-order valence-electron chi connectivity index (χ2n) is 9.29. The van der Waals surface area contributed by atoms with E-state index in [1.807, 2.05) is 0 Å². The summed E-state index contributed by atoms with van der Waals surface area (Å²) in [6, 6.07) is 2.53. The van der Waals surface area contributed by atoms with Gasteiger partial charge in [-0.25, -0.2) is 8.78 Å². The van der Waals surface area contributed by atoms with E-state index in [1.54, 1.807) is 0 Å². The lowest BCUT2D eigenvalue weighted by atomic mass is 9.86. The van der Waals surface area contributed by atoms with Crippen LogP contribution in [0.4, 0.5) is 8.78 Å². The monoisotopic (exact) mass is 580 g/mol. The minimum Gasteiger partial charge on any atom is -0.481 e. The molecule has 206 valence electrons. The number of carboxylic acids is 1. The van der Waals surface area contributed by atoms with Crippen LogP contribution in [0.3, 0.4) is 0 Å². The minimum atomic E-state index is -0.865. The van der Waals surface area contributed by atoms with Crippen molar-refractivity contribution in [3.05, 3.63) is 80.9 Å². The zero-order valence-corrected chi connectivity index (χ0v) is 22.0. The number of benzene rings is 1. The molecule has 4 rings (SSSR count). The molecule has 2 N–H and O–H groups in total. The van der Waals surface area contributed by atoms with Gasteiger partial charge >= 0.3 is 5.97 Å². The van der Waals surface area contributed by atoms with E-state index in [-0.39, 0.29) is 45.0 Å². The smallest absolute Gasteiger partial charge is 0.306 e. The van der Waals surface area contributed by atoms with Crippen LogP contribution in [0.5, 0.6) is 0 Å². The van der Waals surface area contributed by atoms with E-state index in [9.17, 15) is 33.4 Å². The first-order chi connectivity index (χ1) is 18.6. The number of hydrogen-bond donors (Lipinski definition) is 2.